The minimum Gasteiger partial charge on any atom is -0.497 e. The number of morpholine rings is 1. The number of carbonyl (C=O) groups is 1. The van der Waals surface area contributed by atoms with E-state index in [1.807, 2.05) is 17.0 Å². The first-order chi connectivity index (χ1) is 12.7. The Morgan fingerprint density at radius 1 is 1.12 bits per heavy atom. The van der Waals surface area contributed by atoms with Crippen LogP contribution in [0, 0.1) is 0 Å². The lowest BCUT2D eigenvalue weighted by Crippen LogP contribution is -2.53. The van der Waals surface area contributed by atoms with E-state index < -0.39 is 0 Å². The number of likely N-dealkylation sites (N-methyl/N-ethyl adjacent to an activating group) is 1. The van der Waals surface area contributed by atoms with Gasteiger partial charge in [-0.1, -0.05) is 19.1 Å². The van der Waals surface area contributed by atoms with E-state index in [1.54, 1.807) is 7.11 Å². The Morgan fingerprint density at radius 3 is 2.46 bits per heavy atom. The molecule has 1 amide bonds. The van der Waals surface area contributed by atoms with Gasteiger partial charge < -0.3 is 19.3 Å². The van der Waals surface area contributed by atoms with Crippen LogP contribution < -0.4 is 4.74 Å². The van der Waals surface area contributed by atoms with Gasteiger partial charge in [0.15, 0.2) is 0 Å². The SMILES string of the molecule is CCN1CCN(CC(=O)N2CCO[C@@H](Cc3ccc(OC)cc3)C2)CC1. The first-order valence-corrected chi connectivity index (χ1v) is 9.65. The average Bonchev–Trinajstić information content (AvgIpc) is 2.69. The van der Waals surface area contributed by atoms with Gasteiger partial charge in [0.05, 0.1) is 26.4 Å². The highest BCUT2D eigenvalue weighted by molar-refractivity contribution is 5.78. The lowest BCUT2D eigenvalue weighted by molar-refractivity contribution is -0.140. The summed E-state index contributed by atoms with van der Waals surface area (Å²) >= 11 is 0. The van der Waals surface area contributed by atoms with Crippen molar-refractivity contribution in [2.75, 3.05) is 66.1 Å². The molecule has 0 spiro atoms. The number of nitrogens with zero attached hydrogens (tertiary/aromatic N) is 3. The van der Waals surface area contributed by atoms with Crippen LogP contribution in [0.15, 0.2) is 24.3 Å². The van der Waals surface area contributed by atoms with Gasteiger partial charge >= 0.3 is 0 Å². The first kappa shape index (κ1) is 19.1. The number of hydrogen-bond donors (Lipinski definition) is 0. The fraction of sp³-hybridized carbons (Fsp3) is 0.650. The average molecular weight is 361 g/mol. The molecule has 144 valence electrons. The Labute approximate surface area is 156 Å². The summed E-state index contributed by atoms with van der Waals surface area (Å²) in [4.78, 5) is 19.4. The summed E-state index contributed by atoms with van der Waals surface area (Å²) in [7, 11) is 1.67. The molecule has 3 rings (SSSR count). The highest BCUT2D eigenvalue weighted by atomic mass is 16.5. The predicted octanol–water partition coefficient (Wildman–Crippen LogP) is 1.10. The fourth-order valence-corrected chi connectivity index (χ4v) is 3.65. The number of hydrogen-bond acceptors (Lipinski definition) is 5. The summed E-state index contributed by atoms with van der Waals surface area (Å²) in [6.07, 6.45) is 0.890. The predicted molar refractivity (Wildman–Crippen MR) is 102 cm³/mol. The van der Waals surface area contributed by atoms with Crippen LogP contribution in [0.5, 0.6) is 5.75 Å². The van der Waals surface area contributed by atoms with E-state index in [9.17, 15) is 4.79 Å². The number of ether oxygens (including phenoxy) is 2. The Hall–Kier alpha value is -1.63. The summed E-state index contributed by atoms with van der Waals surface area (Å²) < 4.78 is 11.1. The van der Waals surface area contributed by atoms with Crippen molar-refractivity contribution in [2.45, 2.75) is 19.4 Å². The highest BCUT2D eigenvalue weighted by Crippen LogP contribution is 2.16. The van der Waals surface area contributed by atoms with Crippen LogP contribution in [0.2, 0.25) is 0 Å². The molecule has 0 saturated carbocycles. The molecule has 2 aliphatic rings. The van der Waals surface area contributed by atoms with Crippen LogP contribution in [0.1, 0.15) is 12.5 Å². The molecule has 2 aliphatic heterocycles. The number of benzene rings is 1. The van der Waals surface area contributed by atoms with Crippen LogP contribution in [0.25, 0.3) is 0 Å². The van der Waals surface area contributed by atoms with Crippen LogP contribution in [-0.2, 0) is 16.0 Å². The maximum absolute atomic E-state index is 12.7. The molecule has 1 aromatic rings. The van der Waals surface area contributed by atoms with Crippen LogP contribution in [0.4, 0.5) is 0 Å². The minimum atomic E-state index is 0.0676. The number of carbonyl (C=O) groups excluding carboxylic acids is 1. The lowest BCUT2D eigenvalue weighted by Gasteiger charge is -2.37. The van der Waals surface area contributed by atoms with Gasteiger partial charge in [0, 0.05) is 45.7 Å². The van der Waals surface area contributed by atoms with E-state index in [4.69, 9.17) is 9.47 Å². The molecule has 2 fully saturated rings. The zero-order chi connectivity index (χ0) is 18.4. The lowest BCUT2D eigenvalue weighted by atomic mass is 10.1. The van der Waals surface area contributed by atoms with E-state index >= 15 is 0 Å². The Bertz CT molecular complexity index is 570. The maximum atomic E-state index is 12.7. The Balaban J connectivity index is 1.47. The molecule has 0 radical (unpaired) electrons. The normalized spacial score (nSPS) is 22.4. The van der Waals surface area contributed by atoms with Crippen molar-refractivity contribution in [3.05, 3.63) is 29.8 Å². The molecule has 6 nitrogen and oxygen atoms in total. The zero-order valence-electron chi connectivity index (χ0n) is 16.0. The molecule has 1 aromatic carbocycles. The second-order valence-corrected chi connectivity index (χ2v) is 7.10. The van der Waals surface area contributed by atoms with Gasteiger partial charge in [-0.2, -0.15) is 0 Å². The van der Waals surface area contributed by atoms with Crippen molar-refractivity contribution in [1.82, 2.24) is 14.7 Å². The summed E-state index contributed by atoms with van der Waals surface area (Å²) in [6.45, 7) is 9.92. The molecule has 0 N–H and O–H groups in total. The van der Waals surface area contributed by atoms with Crippen LogP contribution in [-0.4, -0.2) is 92.8 Å². The van der Waals surface area contributed by atoms with Crippen LogP contribution >= 0.6 is 0 Å². The van der Waals surface area contributed by atoms with Gasteiger partial charge in [-0.3, -0.25) is 9.69 Å². The first-order valence-electron chi connectivity index (χ1n) is 9.65. The van der Waals surface area contributed by atoms with Crippen molar-refractivity contribution in [3.63, 3.8) is 0 Å². The van der Waals surface area contributed by atoms with Crippen molar-refractivity contribution in [2.24, 2.45) is 0 Å². The third kappa shape index (κ3) is 5.19. The monoisotopic (exact) mass is 361 g/mol. The third-order valence-corrected chi connectivity index (χ3v) is 5.38. The van der Waals surface area contributed by atoms with E-state index in [0.29, 0.717) is 26.2 Å². The molecule has 6 heteroatoms. The second kappa shape index (κ2) is 9.35. The Morgan fingerprint density at radius 2 is 1.81 bits per heavy atom. The van der Waals surface area contributed by atoms with Gasteiger partial charge in [0.2, 0.25) is 5.91 Å². The molecule has 2 saturated heterocycles. The quantitative estimate of drug-likeness (QED) is 0.759. The smallest absolute Gasteiger partial charge is 0.236 e. The van der Waals surface area contributed by atoms with E-state index in [1.165, 1.54) is 5.56 Å². The van der Waals surface area contributed by atoms with Gasteiger partial charge in [-0.25, -0.2) is 0 Å². The van der Waals surface area contributed by atoms with Crippen molar-refractivity contribution >= 4 is 5.91 Å². The van der Waals surface area contributed by atoms with E-state index in [-0.39, 0.29) is 12.0 Å². The highest BCUT2D eigenvalue weighted by Gasteiger charge is 2.26. The standard InChI is InChI=1S/C20H31N3O3/c1-3-21-8-10-22(11-9-21)16-20(24)23-12-13-26-19(15-23)14-17-4-6-18(25-2)7-5-17/h4-7,19H,3,8-16H2,1-2H3/t19-/m0/s1. The topological polar surface area (TPSA) is 45.2 Å². The van der Waals surface area contributed by atoms with Crippen LogP contribution in [0.3, 0.4) is 0 Å². The van der Waals surface area contributed by atoms with E-state index in [0.717, 1.165) is 44.9 Å². The molecule has 0 bridgehead atoms. The molecular weight excluding hydrogens is 330 g/mol. The Kier molecular flexibility index (Phi) is 6.88. The van der Waals surface area contributed by atoms with Crippen molar-refractivity contribution < 1.29 is 14.3 Å². The molecule has 26 heavy (non-hydrogen) atoms. The summed E-state index contributed by atoms with van der Waals surface area (Å²) in [5.74, 6) is 1.09. The van der Waals surface area contributed by atoms with Gasteiger partial charge in [-0.05, 0) is 24.2 Å². The number of piperazine rings is 1. The summed E-state index contributed by atoms with van der Waals surface area (Å²) in [5.41, 5.74) is 1.21. The third-order valence-electron chi connectivity index (χ3n) is 5.38. The summed E-state index contributed by atoms with van der Waals surface area (Å²) in [6, 6.07) is 8.07. The molecular formula is C20H31N3O3. The fourth-order valence-electron chi connectivity index (χ4n) is 3.65. The molecule has 0 aromatic heterocycles. The molecule has 0 aliphatic carbocycles. The van der Waals surface area contributed by atoms with Crippen molar-refractivity contribution in [3.8, 4) is 5.75 Å². The molecule has 0 unspecified atom stereocenters. The number of rotatable bonds is 6. The largest absolute Gasteiger partial charge is 0.497 e. The van der Waals surface area contributed by atoms with Crippen molar-refractivity contribution in [1.29, 1.82) is 0 Å². The second-order valence-electron chi connectivity index (χ2n) is 7.10. The maximum Gasteiger partial charge on any atom is 0.236 e. The minimum absolute atomic E-state index is 0.0676. The zero-order valence-corrected chi connectivity index (χ0v) is 16.0. The van der Waals surface area contributed by atoms with E-state index in [2.05, 4.69) is 28.9 Å². The molecule has 1 atom stereocenters. The van der Waals surface area contributed by atoms with Gasteiger partial charge in [0.1, 0.15) is 5.75 Å². The van der Waals surface area contributed by atoms with Gasteiger partial charge in [0.25, 0.3) is 0 Å². The molecule has 2 heterocycles. The number of amides is 1. The number of methoxy groups -OCH3 is 1. The van der Waals surface area contributed by atoms with Gasteiger partial charge in [-0.15, -0.1) is 0 Å². The summed E-state index contributed by atoms with van der Waals surface area (Å²) in [5, 5.41) is 0.